The first-order valence-electron chi connectivity index (χ1n) is 5.87. The van der Waals surface area contributed by atoms with Crippen LogP contribution in [0.3, 0.4) is 0 Å². The van der Waals surface area contributed by atoms with Gasteiger partial charge in [0, 0.05) is 11.8 Å². The Balaban J connectivity index is 2.08. The van der Waals surface area contributed by atoms with E-state index in [0.29, 0.717) is 11.4 Å². The third kappa shape index (κ3) is 3.31. The zero-order valence-corrected chi connectivity index (χ0v) is 10.7. The third-order valence-electron chi connectivity index (χ3n) is 2.58. The molecule has 5 nitrogen and oxygen atoms in total. The monoisotopic (exact) mass is 281 g/mol. The summed E-state index contributed by atoms with van der Waals surface area (Å²) in [6, 6.07) is 7.21. The third-order valence-corrected chi connectivity index (χ3v) is 2.58. The van der Waals surface area contributed by atoms with E-state index in [-0.39, 0.29) is 18.0 Å². The summed E-state index contributed by atoms with van der Waals surface area (Å²) in [5.74, 6) is -0.494. The van der Waals surface area contributed by atoms with E-state index < -0.39 is 12.3 Å². The van der Waals surface area contributed by atoms with Crippen LogP contribution in [-0.2, 0) is 11.3 Å². The molecule has 0 saturated carbocycles. The Morgan fingerprint density at radius 2 is 2.20 bits per heavy atom. The molecule has 0 radical (unpaired) electrons. The van der Waals surface area contributed by atoms with Gasteiger partial charge in [-0.15, -0.1) is 0 Å². The van der Waals surface area contributed by atoms with Crippen LogP contribution in [0.1, 0.15) is 17.8 Å². The summed E-state index contributed by atoms with van der Waals surface area (Å²) < 4.78 is 26.5. The van der Waals surface area contributed by atoms with Gasteiger partial charge in [-0.05, 0) is 25.1 Å². The van der Waals surface area contributed by atoms with Crippen LogP contribution < -0.4 is 5.32 Å². The molecule has 0 saturated heterocycles. The summed E-state index contributed by atoms with van der Waals surface area (Å²) in [4.78, 5) is 11.8. The maximum Gasteiger partial charge on any atom is 0.280 e. The topological polar surface area (TPSA) is 67.2 Å². The highest BCUT2D eigenvalue weighted by atomic mass is 19.3. The fourth-order valence-corrected chi connectivity index (χ4v) is 1.79. The van der Waals surface area contributed by atoms with Crippen molar-refractivity contribution in [3.8, 4) is 5.75 Å². The Morgan fingerprint density at radius 1 is 1.45 bits per heavy atom. The van der Waals surface area contributed by atoms with E-state index in [0.717, 1.165) is 4.68 Å². The largest absolute Gasteiger partial charge is 0.508 e. The summed E-state index contributed by atoms with van der Waals surface area (Å²) in [6.45, 7) is 1.26. The molecule has 7 heteroatoms. The van der Waals surface area contributed by atoms with Crippen LogP contribution >= 0.6 is 0 Å². The Hall–Kier alpha value is -2.44. The van der Waals surface area contributed by atoms with Crippen molar-refractivity contribution >= 4 is 11.6 Å². The van der Waals surface area contributed by atoms with E-state index in [9.17, 15) is 18.7 Å². The van der Waals surface area contributed by atoms with Crippen LogP contribution in [-0.4, -0.2) is 20.8 Å². The Labute approximate surface area is 113 Å². The standard InChI is InChI=1S/C13H13F2N3O2/c1-8-5-11(13(14)15)18(17-8)7-12(20)16-9-3-2-4-10(19)6-9/h2-6,13,19H,7H2,1H3,(H,16,20). The summed E-state index contributed by atoms with van der Waals surface area (Å²) in [6.07, 6.45) is -2.69. The number of hydrogen-bond donors (Lipinski definition) is 2. The molecule has 0 aliphatic carbocycles. The van der Waals surface area contributed by atoms with Crippen LogP contribution in [0.2, 0.25) is 0 Å². The summed E-state index contributed by atoms with van der Waals surface area (Å²) >= 11 is 0. The van der Waals surface area contributed by atoms with E-state index in [1.165, 1.54) is 18.2 Å². The molecular weight excluding hydrogens is 268 g/mol. The van der Waals surface area contributed by atoms with Gasteiger partial charge in [0.1, 0.15) is 18.0 Å². The molecule has 2 rings (SSSR count). The van der Waals surface area contributed by atoms with Gasteiger partial charge in [-0.1, -0.05) is 6.07 Å². The normalized spacial score (nSPS) is 10.8. The lowest BCUT2D eigenvalue weighted by atomic mass is 10.3. The van der Waals surface area contributed by atoms with Crippen LogP contribution in [0.25, 0.3) is 0 Å². The number of hydrogen-bond acceptors (Lipinski definition) is 3. The summed E-state index contributed by atoms with van der Waals surface area (Å²) in [5, 5.41) is 15.6. The van der Waals surface area contributed by atoms with Gasteiger partial charge in [0.05, 0.1) is 5.69 Å². The zero-order valence-electron chi connectivity index (χ0n) is 10.7. The second kappa shape index (κ2) is 5.68. The number of phenolic OH excluding ortho intramolecular Hbond substituents is 1. The lowest BCUT2D eigenvalue weighted by molar-refractivity contribution is -0.117. The van der Waals surface area contributed by atoms with Gasteiger partial charge < -0.3 is 10.4 Å². The van der Waals surface area contributed by atoms with Gasteiger partial charge >= 0.3 is 0 Å². The molecule has 0 atom stereocenters. The number of aryl methyl sites for hydroxylation is 1. The van der Waals surface area contributed by atoms with Crippen molar-refractivity contribution in [2.75, 3.05) is 5.32 Å². The van der Waals surface area contributed by atoms with Gasteiger partial charge in [0.25, 0.3) is 6.43 Å². The molecule has 1 aromatic heterocycles. The van der Waals surface area contributed by atoms with Gasteiger partial charge in [-0.25, -0.2) is 8.78 Å². The number of amides is 1. The van der Waals surface area contributed by atoms with E-state index in [4.69, 9.17) is 0 Å². The fourth-order valence-electron chi connectivity index (χ4n) is 1.79. The molecule has 0 spiro atoms. The van der Waals surface area contributed by atoms with Gasteiger partial charge in [-0.2, -0.15) is 5.10 Å². The molecule has 0 unspecified atom stereocenters. The number of phenols is 1. The number of aromatic hydroxyl groups is 1. The van der Waals surface area contributed by atoms with E-state index in [1.54, 1.807) is 19.1 Å². The van der Waals surface area contributed by atoms with Crippen LogP contribution in [0.15, 0.2) is 30.3 Å². The highest BCUT2D eigenvalue weighted by Gasteiger charge is 2.17. The number of carbonyl (C=O) groups is 1. The van der Waals surface area contributed by atoms with E-state index >= 15 is 0 Å². The number of rotatable bonds is 4. The van der Waals surface area contributed by atoms with Crippen molar-refractivity contribution in [1.29, 1.82) is 0 Å². The maximum atomic E-state index is 12.7. The average Bonchev–Trinajstić information content (AvgIpc) is 2.70. The number of anilines is 1. The number of benzene rings is 1. The maximum absolute atomic E-state index is 12.7. The molecule has 2 N–H and O–H groups in total. The SMILES string of the molecule is Cc1cc(C(F)F)n(CC(=O)Nc2cccc(O)c2)n1. The first-order chi connectivity index (χ1) is 9.45. The highest BCUT2D eigenvalue weighted by molar-refractivity contribution is 5.90. The van der Waals surface area contributed by atoms with Crippen molar-refractivity contribution < 1.29 is 18.7 Å². The minimum Gasteiger partial charge on any atom is -0.508 e. The fraction of sp³-hybridized carbons (Fsp3) is 0.231. The van der Waals surface area contributed by atoms with Gasteiger partial charge in [0.15, 0.2) is 0 Å². The number of nitrogens with one attached hydrogen (secondary N) is 1. The molecule has 0 aliphatic rings. The number of halogens is 2. The molecule has 1 aromatic carbocycles. The molecule has 0 bridgehead atoms. The van der Waals surface area contributed by atoms with Crippen molar-refractivity contribution in [2.24, 2.45) is 0 Å². The predicted molar refractivity (Wildman–Crippen MR) is 68.7 cm³/mol. The van der Waals surface area contributed by atoms with E-state index in [1.807, 2.05) is 0 Å². The Bertz CT molecular complexity index is 626. The van der Waals surface area contributed by atoms with E-state index in [2.05, 4.69) is 10.4 Å². The van der Waals surface area contributed by atoms with Crippen LogP contribution in [0, 0.1) is 6.92 Å². The first-order valence-corrected chi connectivity index (χ1v) is 5.87. The predicted octanol–water partition coefficient (Wildman–Crippen LogP) is 2.47. The molecule has 1 heterocycles. The van der Waals surface area contributed by atoms with Crippen LogP contribution in [0.5, 0.6) is 5.75 Å². The molecule has 2 aromatic rings. The lowest BCUT2D eigenvalue weighted by Crippen LogP contribution is -2.21. The quantitative estimate of drug-likeness (QED) is 0.904. The van der Waals surface area contributed by atoms with Crippen molar-refractivity contribution in [3.63, 3.8) is 0 Å². The highest BCUT2D eigenvalue weighted by Crippen LogP contribution is 2.20. The lowest BCUT2D eigenvalue weighted by Gasteiger charge is -2.08. The van der Waals surface area contributed by atoms with Crippen molar-refractivity contribution in [1.82, 2.24) is 9.78 Å². The van der Waals surface area contributed by atoms with Crippen molar-refractivity contribution in [3.05, 3.63) is 41.7 Å². The first kappa shape index (κ1) is 14.0. The zero-order chi connectivity index (χ0) is 14.7. The van der Waals surface area contributed by atoms with Gasteiger partial charge in [-0.3, -0.25) is 9.48 Å². The molecular formula is C13H13F2N3O2. The second-order valence-corrected chi connectivity index (χ2v) is 4.27. The molecule has 1 amide bonds. The summed E-state index contributed by atoms with van der Waals surface area (Å²) in [7, 11) is 0. The number of nitrogens with zero attached hydrogens (tertiary/aromatic N) is 2. The summed E-state index contributed by atoms with van der Waals surface area (Å²) in [5.41, 5.74) is 0.511. The molecule has 0 fully saturated rings. The number of carbonyl (C=O) groups excluding carboxylic acids is 1. The average molecular weight is 281 g/mol. The Morgan fingerprint density at radius 3 is 2.85 bits per heavy atom. The number of alkyl halides is 2. The minimum atomic E-state index is -2.69. The molecule has 106 valence electrons. The minimum absolute atomic E-state index is 0.00556. The number of aromatic nitrogens is 2. The molecule has 20 heavy (non-hydrogen) atoms. The smallest absolute Gasteiger partial charge is 0.280 e. The Kier molecular flexibility index (Phi) is 3.97. The second-order valence-electron chi connectivity index (χ2n) is 4.27. The molecule has 0 aliphatic heterocycles. The van der Waals surface area contributed by atoms with Crippen LogP contribution in [0.4, 0.5) is 14.5 Å². The van der Waals surface area contributed by atoms with Gasteiger partial charge in [0.2, 0.25) is 5.91 Å². The van der Waals surface area contributed by atoms with Crippen molar-refractivity contribution in [2.45, 2.75) is 19.9 Å².